The number of aliphatic carboxylic acids is 1. The second-order valence-electron chi connectivity index (χ2n) is 11.5. The molecule has 0 radical (unpaired) electrons. The van der Waals surface area contributed by atoms with Gasteiger partial charge in [0.05, 0.1) is 18.1 Å². The number of carboxylic acid groups (broad SMARTS) is 1. The van der Waals surface area contributed by atoms with Gasteiger partial charge in [-0.25, -0.2) is 9.59 Å². The highest BCUT2D eigenvalue weighted by molar-refractivity contribution is 6.32. The zero-order valence-electron chi connectivity index (χ0n) is 27.0. The lowest BCUT2D eigenvalue weighted by atomic mass is 9.99. The maximum absolute atomic E-state index is 13.3. The van der Waals surface area contributed by atoms with Crippen LogP contribution in [0.5, 0.6) is 5.75 Å². The van der Waals surface area contributed by atoms with E-state index in [1.165, 1.54) is 19.3 Å². The summed E-state index contributed by atoms with van der Waals surface area (Å²) in [6.45, 7) is 7.37. The van der Waals surface area contributed by atoms with Gasteiger partial charge in [-0.05, 0) is 41.7 Å². The predicted octanol–water partition coefficient (Wildman–Crippen LogP) is 5.22. The molecule has 0 aliphatic heterocycles. The van der Waals surface area contributed by atoms with Crippen molar-refractivity contribution in [3.63, 3.8) is 0 Å². The second kappa shape index (κ2) is 19.4. The number of hydrogen-bond acceptors (Lipinski definition) is 8. The summed E-state index contributed by atoms with van der Waals surface area (Å²) in [6, 6.07) is 13.3. The first kappa shape index (κ1) is 38.0. The number of methoxy groups -OCH3 is 1. The largest absolute Gasteiger partial charge is 0.495 e. The number of ether oxygens (including phenoxy) is 3. The van der Waals surface area contributed by atoms with E-state index in [0.717, 1.165) is 5.56 Å². The Balaban J connectivity index is 2.20. The predicted molar refractivity (Wildman–Crippen MR) is 177 cm³/mol. The number of carbonyl (C=O) groups is 4. The maximum Gasteiger partial charge on any atom is 0.347 e. The van der Waals surface area contributed by atoms with Crippen LogP contribution in [-0.2, 0) is 35.1 Å². The normalized spacial score (nSPS) is 14.8. The highest BCUT2D eigenvalue weighted by Crippen LogP contribution is 2.25. The first-order valence-corrected chi connectivity index (χ1v) is 15.6. The van der Waals surface area contributed by atoms with Crippen molar-refractivity contribution in [2.24, 2.45) is 23.5 Å². The minimum atomic E-state index is -1.22. The molecule has 11 heteroatoms. The van der Waals surface area contributed by atoms with Crippen LogP contribution in [0, 0.1) is 17.8 Å². The Morgan fingerprint density at radius 3 is 2.28 bits per heavy atom. The van der Waals surface area contributed by atoms with Crippen LogP contribution >= 0.6 is 11.6 Å². The molecule has 250 valence electrons. The number of halogens is 1. The fourth-order valence-electron chi connectivity index (χ4n) is 4.32. The molecule has 0 heterocycles. The maximum atomic E-state index is 13.3. The fourth-order valence-corrected chi connectivity index (χ4v) is 4.60. The van der Waals surface area contributed by atoms with Crippen molar-refractivity contribution in [1.82, 2.24) is 5.32 Å². The Morgan fingerprint density at radius 2 is 1.70 bits per heavy atom. The SMILES string of the molecule is COc1ccc(C[C@H](NC(=O)/C=C/C[C@H](OC(=O)[C@H](CC(C)C)OC(=O)[C@H](C)CN)[C@H](C)/C=C/c2ccccc2)C(=O)O)cc1Cl. The van der Waals surface area contributed by atoms with E-state index in [4.69, 9.17) is 31.5 Å². The number of esters is 2. The smallest absolute Gasteiger partial charge is 0.347 e. The van der Waals surface area contributed by atoms with Crippen molar-refractivity contribution in [2.75, 3.05) is 13.7 Å². The summed E-state index contributed by atoms with van der Waals surface area (Å²) >= 11 is 6.16. The number of carbonyl (C=O) groups excluding carboxylic acids is 3. The van der Waals surface area contributed by atoms with Gasteiger partial charge in [-0.15, -0.1) is 0 Å². The summed E-state index contributed by atoms with van der Waals surface area (Å²) in [7, 11) is 1.47. The number of amides is 1. The number of rotatable bonds is 18. The zero-order chi connectivity index (χ0) is 34.2. The van der Waals surface area contributed by atoms with Gasteiger partial charge in [0.2, 0.25) is 5.91 Å². The molecule has 0 spiro atoms. The molecule has 0 aliphatic rings. The van der Waals surface area contributed by atoms with Crippen LogP contribution in [0.15, 0.2) is 66.8 Å². The Hall–Kier alpha value is -4.15. The van der Waals surface area contributed by atoms with Gasteiger partial charge in [-0.1, -0.05) is 93.9 Å². The van der Waals surface area contributed by atoms with Gasteiger partial charge >= 0.3 is 17.9 Å². The number of hydrogen-bond donors (Lipinski definition) is 3. The van der Waals surface area contributed by atoms with E-state index >= 15 is 0 Å². The van der Waals surface area contributed by atoms with Crippen LogP contribution in [0.4, 0.5) is 0 Å². The van der Waals surface area contributed by atoms with E-state index in [0.29, 0.717) is 16.3 Å². The summed E-state index contributed by atoms with van der Waals surface area (Å²) < 4.78 is 16.5. The van der Waals surface area contributed by atoms with Crippen LogP contribution in [-0.4, -0.2) is 60.8 Å². The topological polar surface area (TPSA) is 154 Å². The molecule has 2 aromatic rings. The average molecular weight is 657 g/mol. The van der Waals surface area contributed by atoms with Crippen molar-refractivity contribution < 1.29 is 38.5 Å². The van der Waals surface area contributed by atoms with E-state index in [1.807, 2.05) is 63.3 Å². The molecule has 0 aliphatic carbocycles. The first-order chi connectivity index (χ1) is 21.8. The van der Waals surface area contributed by atoms with E-state index in [1.54, 1.807) is 25.1 Å². The van der Waals surface area contributed by atoms with Crippen LogP contribution in [0.3, 0.4) is 0 Å². The summed E-state index contributed by atoms with van der Waals surface area (Å²) in [5.41, 5.74) is 7.16. The van der Waals surface area contributed by atoms with Gasteiger partial charge in [-0.3, -0.25) is 9.59 Å². The van der Waals surface area contributed by atoms with Crippen LogP contribution < -0.4 is 15.8 Å². The highest BCUT2D eigenvalue weighted by Gasteiger charge is 2.30. The minimum Gasteiger partial charge on any atom is -0.495 e. The number of nitrogens with two attached hydrogens (primary N) is 1. The van der Waals surface area contributed by atoms with E-state index in [-0.39, 0.29) is 37.6 Å². The van der Waals surface area contributed by atoms with E-state index in [2.05, 4.69) is 5.32 Å². The molecule has 0 fully saturated rings. The highest BCUT2D eigenvalue weighted by atomic mass is 35.5. The molecule has 2 rings (SSSR count). The summed E-state index contributed by atoms with van der Waals surface area (Å²) in [6.07, 6.45) is 5.06. The quantitative estimate of drug-likeness (QED) is 0.145. The molecule has 1 amide bonds. The summed E-state index contributed by atoms with van der Waals surface area (Å²) in [5, 5.41) is 12.5. The molecule has 0 saturated heterocycles. The lowest BCUT2D eigenvalue weighted by Crippen LogP contribution is -2.41. The lowest BCUT2D eigenvalue weighted by molar-refractivity contribution is -0.175. The van der Waals surface area contributed by atoms with Crippen molar-refractivity contribution >= 4 is 41.5 Å². The van der Waals surface area contributed by atoms with Crippen LogP contribution in [0.1, 0.15) is 51.7 Å². The molecular formula is C35H45ClN2O8. The fraction of sp³-hybridized carbons (Fsp3) is 0.429. The van der Waals surface area contributed by atoms with Gasteiger partial charge in [0, 0.05) is 25.3 Å². The van der Waals surface area contributed by atoms with Gasteiger partial charge < -0.3 is 30.4 Å². The second-order valence-corrected chi connectivity index (χ2v) is 11.9. The van der Waals surface area contributed by atoms with Gasteiger partial charge in [0.1, 0.15) is 17.9 Å². The Kier molecular flexibility index (Phi) is 16.0. The van der Waals surface area contributed by atoms with E-state index < -0.39 is 48.0 Å². The van der Waals surface area contributed by atoms with Crippen LogP contribution in [0.2, 0.25) is 5.02 Å². The Labute approximate surface area is 275 Å². The number of carboxylic acids is 1. The van der Waals surface area contributed by atoms with Gasteiger partial charge in [0.25, 0.3) is 0 Å². The summed E-state index contributed by atoms with van der Waals surface area (Å²) in [4.78, 5) is 50.4. The number of benzene rings is 2. The summed E-state index contributed by atoms with van der Waals surface area (Å²) in [5.74, 6) is -3.52. The minimum absolute atomic E-state index is 0.00108. The molecule has 2 aromatic carbocycles. The Bertz CT molecular complexity index is 1360. The monoisotopic (exact) mass is 656 g/mol. The number of nitrogens with one attached hydrogen (secondary N) is 1. The molecule has 4 N–H and O–H groups in total. The zero-order valence-corrected chi connectivity index (χ0v) is 27.7. The molecule has 46 heavy (non-hydrogen) atoms. The van der Waals surface area contributed by atoms with E-state index in [9.17, 15) is 24.3 Å². The van der Waals surface area contributed by atoms with Crippen molar-refractivity contribution in [2.45, 2.75) is 65.2 Å². The van der Waals surface area contributed by atoms with Crippen molar-refractivity contribution in [1.29, 1.82) is 0 Å². The third kappa shape index (κ3) is 13.1. The van der Waals surface area contributed by atoms with Crippen molar-refractivity contribution in [3.8, 4) is 5.75 Å². The molecule has 0 unspecified atom stereocenters. The molecule has 0 aromatic heterocycles. The molecular weight excluding hydrogens is 612 g/mol. The molecule has 10 nitrogen and oxygen atoms in total. The first-order valence-electron chi connectivity index (χ1n) is 15.2. The molecule has 0 saturated carbocycles. The average Bonchev–Trinajstić information content (AvgIpc) is 3.02. The van der Waals surface area contributed by atoms with Crippen LogP contribution in [0.25, 0.3) is 6.08 Å². The third-order valence-electron chi connectivity index (χ3n) is 7.12. The molecule has 0 bridgehead atoms. The van der Waals surface area contributed by atoms with Gasteiger partial charge in [-0.2, -0.15) is 0 Å². The standard InChI is InChI=1S/C35H45ClN2O8/c1-22(2)18-31(46-34(42)24(4)21-37)35(43)45-29(23(3)14-15-25-10-7-6-8-11-25)12-9-13-32(39)38-28(33(40)41)20-26-16-17-30(44-5)27(36)19-26/h6-11,13-17,19,22-24,28-29,31H,12,18,20-21,37H2,1-5H3,(H,38,39)(H,40,41)/b13-9+,15-14+/t23-,24-,28+,29+,31+/m1/s1. The van der Waals surface area contributed by atoms with Gasteiger partial charge in [0.15, 0.2) is 6.10 Å². The third-order valence-corrected chi connectivity index (χ3v) is 7.41. The lowest BCUT2D eigenvalue weighted by Gasteiger charge is -2.25. The molecule has 5 atom stereocenters. The van der Waals surface area contributed by atoms with Crippen molar-refractivity contribution in [3.05, 3.63) is 82.9 Å². The Morgan fingerprint density at radius 1 is 1.00 bits per heavy atom.